The Balaban J connectivity index is 0.00000320. The molecule has 2 atom stereocenters. The molecule has 0 fully saturated rings. The number of benzene rings is 2. The summed E-state index contributed by atoms with van der Waals surface area (Å²) in [6.07, 6.45) is 1.25. The van der Waals surface area contributed by atoms with Gasteiger partial charge in [-0.25, -0.2) is 4.79 Å². The van der Waals surface area contributed by atoms with Gasteiger partial charge >= 0.3 is 5.97 Å². The van der Waals surface area contributed by atoms with E-state index in [0.717, 1.165) is 16.7 Å². The molecule has 1 heterocycles. The molecule has 162 valence electrons. The van der Waals surface area contributed by atoms with Crippen LogP contribution in [0.1, 0.15) is 35.6 Å². The summed E-state index contributed by atoms with van der Waals surface area (Å²) in [5.41, 5.74) is 9.05. The van der Waals surface area contributed by atoms with E-state index in [1.165, 1.54) is 7.11 Å². The topological polar surface area (TPSA) is 93.5 Å². The number of ether oxygens (including phenoxy) is 1. The van der Waals surface area contributed by atoms with Crippen molar-refractivity contribution < 1.29 is 14.3 Å². The standard InChI is InChI=1S/C21H23Cl2N3O3.ClH/c1-29-21(28)18-10-17(20-15(23)8-14(22)9-16(20)25-18)26-19(27)7-6-12-2-4-13(11-24)5-3-12;/h2-5,8-9,17-18,25H,6-7,10-11,24H2,1H3,(H,26,27);1H. The van der Waals surface area contributed by atoms with Crippen LogP contribution in [-0.4, -0.2) is 25.0 Å². The van der Waals surface area contributed by atoms with Crippen LogP contribution in [0.2, 0.25) is 10.0 Å². The van der Waals surface area contributed by atoms with E-state index < -0.39 is 18.1 Å². The van der Waals surface area contributed by atoms with Gasteiger partial charge in [-0.15, -0.1) is 12.4 Å². The van der Waals surface area contributed by atoms with Crippen LogP contribution in [0.5, 0.6) is 0 Å². The molecule has 1 aliphatic rings. The second kappa shape index (κ2) is 10.9. The van der Waals surface area contributed by atoms with Gasteiger partial charge in [0.2, 0.25) is 5.91 Å². The lowest BCUT2D eigenvalue weighted by Gasteiger charge is -2.33. The molecule has 0 saturated heterocycles. The molecule has 0 spiro atoms. The maximum absolute atomic E-state index is 12.6. The first kappa shape index (κ1) is 24.3. The highest BCUT2D eigenvalue weighted by Gasteiger charge is 2.34. The number of carbonyl (C=O) groups is 2. The van der Waals surface area contributed by atoms with Gasteiger partial charge in [0.05, 0.1) is 13.2 Å². The molecule has 0 saturated carbocycles. The maximum atomic E-state index is 12.6. The van der Waals surface area contributed by atoms with Crippen molar-refractivity contribution in [3.63, 3.8) is 0 Å². The summed E-state index contributed by atoms with van der Waals surface area (Å²) >= 11 is 12.5. The number of halogens is 3. The van der Waals surface area contributed by atoms with Crippen LogP contribution in [0.3, 0.4) is 0 Å². The molecular formula is C21H24Cl3N3O3. The Labute approximate surface area is 191 Å². The number of hydrogen-bond donors (Lipinski definition) is 3. The van der Waals surface area contributed by atoms with E-state index >= 15 is 0 Å². The molecule has 2 aromatic rings. The van der Waals surface area contributed by atoms with Crippen molar-refractivity contribution in [2.75, 3.05) is 12.4 Å². The van der Waals surface area contributed by atoms with Crippen LogP contribution in [0.15, 0.2) is 36.4 Å². The molecule has 0 radical (unpaired) electrons. The second-order valence-corrected chi connectivity index (χ2v) is 7.79. The summed E-state index contributed by atoms with van der Waals surface area (Å²) in [4.78, 5) is 24.7. The van der Waals surface area contributed by atoms with Gasteiger partial charge in [0.15, 0.2) is 0 Å². The molecule has 0 aromatic heterocycles. The summed E-state index contributed by atoms with van der Waals surface area (Å²) in [6.45, 7) is 0.488. The third-order valence-corrected chi connectivity index (χ3v) is 5.50. The van der Waals surface area contributed by atoms with Gasteiger partial charge in [-0.05, 0) is 29.7 Å². The lowest BCUT2D eigenvalue weighted by Crippen LogP contribution is -2.41. The smallest absolute Gasteiger partial charge is 0.328 e. The molecule has 2 aromatic carbocycles. The molecule has 4 N–H and O–H groups in total. The maximum Gasteiger partial charge on any atom is 0.328 e. The number of carbonyl (C=O) groups excluding carboxylic acids is 2. The normalized spacial score (nSPS) is 17.2. The number of rotatable bonds is 6. The number of esters is 1. The van der Waals surface area contributed by atoms with E-state index in [-0.39, 0.29) is 18.3 Å². The summed E-state index contributed by atoms with van der Waals surface area (Å²) < 4.78 is 4.85. The van der Waals surface area contributed by atoms with Crippen molar-refractivity contribution in [2.45, 2.75) is 37.9 Å². The number of nitrogens with one attached hydrogen (secondary N) is 2. The van der Waals surface area contributed by atoms with Crippen molar-refractivity contribution in [2.24, 2.45) is 5.73 Å². The van der Waals surface area contributed by atoms with Crippen LogP contribution in [0.4, 0.5) is 5.69 Å². The number of methoxy groups -OCH3 is 1. The van der Waals surface area contributed by atoms with Crippen LogP contribution in [-0.2, 0) is 27.3 Å². The molecule has 0 aliphatic carbocycles. The lowest BCUT2D eigenvalue weighted by molar-refractivity contribution is -0.142. The first-order valence-corrected chi connectivity index (χ1v) is 10.1. The average molecular weight is 473 g/mol. The predicted octanol–water partition coefficient (Wildman–Crippen LogP) is 4.02. The van der Waals surface area contributed by atoms with Gasteiger partial charge in [-0.1, -0.05) is 47.5 Å². The number of hydrogen-bond acceptors (Lipinski definition) is 5. The number of nitrogens with two attached hydrogens (primary N) is 1. The van der Waals surface area contributed by atoms with Gasteiger partial charge in [-0.2, -0.15) is 0 Å². The summed E-state index contributed by atoms with van der Waals surface area (Å²) in [7, 11) is 1.33. The second-order valence-electron chi connectivity index (χ2n) is 6.95. The molecule has 2 unspecified atom stereocenters. The molecular weight excluding hydrogens is 449 g/mol. The number of aryl methyl sites for hydroxylation is 1. The summed E-state index contributed by atoms with van der Waals surface area (Å²) in [5, 5.41) is 6.98. The molecule has 1 amide bonds. The minimum absolute atomic E-state index is 0. The SMILES string of the molecule is COC(=O)C1CC(NC(=O)CCc2ccc(CN)cc2)c2c(Cl)cc(Cl)cc2N1.Cl. The highest BCUT2D eigenvalue weighted by molar-refractivity contribution is 6.35. The largest absolute Gasteiger partial charge is 0.467 e. The quantitative estimate of drug-likeness (QED) is 0.552. The van der Waals surface area contributed by atoms with E-state index in [4.69, 9.17) is 33.7 Å². The van der Waals surface area contributed by atoms with Crippen molar-refractivity contribution in [1.29, 1.82) is 0 Å². The number of fused-ring (bicyclic) bond motifs is 1. The first-order chi connectivity index (χ1) is 13.9. The Hall–Kier alpha value is -1.99. The van der Waals surface area contributed by atoms with E-state index in [2.05, 4.69) is 10.6 Å². The molecule has 9 heteroatoms. The highest BCUT2D eigenvalue weighted by atomic mass is 35.5. The van der Waals surface area contributed by atoms with E-state index in [1.54, 1.807) is 12.1 Å². The molecule has 3 rings (SSSR count). The fourth-order valence-corrected chi connectivity index (χ4v) is 4.08. The Morgan fingerprint density at radius 1 is 1.20 bits per heavy atom. The van der Waals surface area contributed by atoms with Gasteiger partial charge < -0.3 is 21.1 Å². The third kappa shape index (κ3) is 5.79. The zero-order valence-corrected chi connectivity index (χ0v) is 18.7. The van der Waals surface area contributed by atoms with Crippen LogP contribution in [0, 0.1) is 0 Å². The van der Waals surface area contributed by atoms with E-state index in [9.17, 15) is 9.59 Å². The van der Waals surface area contributed by atoms with E-state index in [1.807, 2.05) is 24.3 Å². The molecule has 30 heavy (non-hydrogen) atoms. The van der Waals surface area contributed by atoms with Crippen LogP contribution in [0.25, 0.3) is 0 Å². The fraction of sp³-hybridized carbons (Fsp3) is 0.333. The van der Waals surface area contributed by atoms with Gasteiger partial charge in [0.1, 0.15) is 6.04 Å². The van der Waals surface area contributed by atoms with E-state index in [0.29, 0.717) is 41.5 Å². The minimum Gasteiger partial charge on any atom is -0.467 e. The molecule has 1 aliphatic heterocycles. The van der Waals surface area contributed by atoms with Crippen molar-refractivity contribution in [3.05, 3.63) is 63.1 Å². The summed E-state index contributed by atoms with van der Waals surface area (Å²) in [5.74, 6) is -0.536. The predicted molar refractivity (Wildman–Crippen MR) is 121 cm³/mol. The molecule has 0 bridgehead atoms. The van der Waals surface area contributed by atoms with Crippen molar-refractivity contribution >= 4 is 53.2 Å². The Morgan fingerprint density at radius 3 is 2.50 bits per heavy atom. The summed E-state index contributed by atoms with van der Waals surface area (Å²) in [6, 6.07) is 10.2. The van der Waals surface area contributed by atoms with Crippen molar-refractivity contribution in [3.8, 4) is 0 Å². The highest BCUT2D eigenvalue weighted by Crippen LogP contribution is 2.40. The number of anilines is 1. The lowest BCUT2D eigenvalue weighted by atomic mass is 9.92. The molecule has 6 nitrogen and oxygen atoms in total. The zero-order chi connectivity index (χ0) is 21.0. The average Bonchev–Trinajstić information content (AvgIpc) is 2.71. The van der Waals surface area contributed by atoms with Crippen LogP contribution >= 0.6 is 35.6 Å². The first-order valence-electron chi connectivity index (χ1n) is 9.31. The van der Waals surface area contributed by atoms with Crippen LogP contribution < -0.4 is 16.4 Å². The minimum atomic E-state index is -0.601. The number of amides is 1. The van der Waals surface area contributed by atoms with Gasteiger partial charge in [0.25, 0.3) is 0 Å². The third-order valence-electron chi connectivity index (χ3n) is 4.96. The zero-order valence-electron chi connectivity index (χ0n) is 16.4. The van der Waals surface area contributed by atoms with Gasteiger partial charge in [-0.3, -0.25) is 4.79 Å². The van der Waals surface area contributed by atoms with Gasteiger partial charge in [0, 0.05) is 40.7 Å². The Morgan fingerprint density at radius 2 is 1.87 bits per heavy atom. The monoisotopic (exact) mass is 471 g/mol. The Kier molecular flexibility index (Phi) is 8.79. The fourth-order valence-electron chi connectivity index (χ4n) is 3.45. The van der Waals surface area contributed by atoms with Crippen molar-refractivity contribution in [1.82, 2.24) is 5.32 Å². The Bertz CT molecular complexity index is 906.